The Kier molecular flexibility index (Phi) is 8.14. The smallest absolute Gasteiger partial charge is 0.475 e. The molecule has 1 atom stereocenters. The van der Waals surface area contributed by atoms with E-state index >= 15 is 0 Å². The summed E-state index contributed by atoms with van der Waals surface area (Å²) in [5, 5.41) is 7.12. The number of hydrogen-bond acceptors (Lipinski definition) is 8. The van der Waals surface area contributed by atoms with E-state index < -0.39 is 28.1 Å². The summed E-state index contributed by atoms with van der Waals surface area (Å²) < 4.78 is 68.9. The summed E-state index contributed by atoms with van der Waals surface area (Å²) >= 11 is 0.989. The Morgan fingerprint density at radius 3 is 2.36 bits per heavy atom. The number of sulfonamides is 1. The molecular weight excluding hydrogens is 559 g/mol. The standard InChI is InChI=1S/C22H25N5O3S2.C2HF3O2/c1-25-12-10-15(11-13-25)26(2)22(28)17-14-27(19-8-4-3-6-16(17)19)32(29,30)20-9-5-7-18-21(20)24-31-23-18;3-2(4,5)1(6)7/h3-9,15,17H,10-14H2,1-2H3;(H,6,7). The lowest BCUT2D eigenvalue weighted by atomic mass is 9.97. The second-order valence-corrected chi connectivity index (χ2v) is 11.7. The molecule has 5 rings (SSSR count). The number of carbonyl (C=O) groups excluding carboxylic acids is 1. The molecule has 1 saturated heterocycles. The molecule has 10 nitrogen and oxygen atoms in total. The fourth-order valence-electron chi connectivity index (χ4n) is 4.73. The van der Waals surface area contributed by atoms with Gasteiger partial charge in [-0.3, -0.25) is 9.10 Å². The number of anilines is 1. The lowest BCUT2D eigenvalue weighted by Gasteiger charge is -2.36. The third-order valence-corrected chi connectivity index (χ3v) is 9.22. The van der Waals surface area contributed by atoms with Gasteiger partial charge >= 0.3 is 12.1 Å². The summed E-state index contributed by atoms with van der Waals surface area (Å²) in [6.45, 7) is 2.00. The highest BCUT2D eigenvalue weighted by atomic mass is 32.2. The van der Waals surface area contributed by atoms with Crippen molar-refractivity contribution in [1.29, 1.82) is 0 Å². The van der Waals surface area contributed by atoms with Gasteiger partial charge in [-0.15, -0.1) is 0 Å². The van der Waals surface area contributed by atoms with Crippen LogP contribution in [-0.2, 0) is 19.6 Å². The Bertz CT molecular complexity index is 1470. The molecule has 0 radical (unpaired) electrons. The molecule has 3 heterocycles. The minimum Gasteiger partial charge on any atom is -0.475 e. The zero-order valence-corrected chi connectivity index (χ0v) is 22.6. The minimum atomic E-state index is -5.08. The van der Waals surface area contributed by atoms with Crippen LogP contribution in [0.2, 0.25) is 0 Å². The van der Waals surface area contributed by atoms with E-state index in [1.165, 1.54) is 4.31 Å². The Morgan fingerprint density at radius 1 is 1.08 bits per heavy atom. The molecule has 15 heteroatoms. The molecule has 1 unspecified atom stereocenters. The van der Waals surface area contributed by atoms with Crippen molar-refractivity contribution in [3.8, 4) is 0 Å². The fourth-order valence-corrected chi connectivity index (χ4v) is 6.99. The minimum absolute atomic E-state index is 0.0294. The summed E-state index contributed by atoms with van der Waals surface area (Å²) in [5.74, 6) is -3.32. The average molecular weight is 586 g/mol. The number of likely N-dealkylation sites (N-methyl/N-ethyl adjacent to an activating group) is 1. The number of likely N-dealkylation sites (tertiary alicyclic amines) is 1. The molecule has 2 aliphatic heterocycles. The molecule has 0 bridgehead atoms. The number of alkyl halides is 3. The molecule has 1 amide bonds. The summed E-state index contributed by atoms with van der Waals surface area (Å²) in [6, 6.07) is 12.5. The van der Waals surface area contributed by atoms with Crippen molar-refractivity contribution < 1.29 is 36.3 Å². The quantitative estimate of drug-likeness (QED) is 0.495. The van der Waals surface area contributed by atoms with Crippen molar-refractivity contribution in [2.45, 2.75) is 35.9 Å². The number of piperidine rings is 1. The van der Waals surface area contributed by atoms with E-state index in [9.17, 15) is 26.4 Å². The number of aliphatic carboxylic acids is 1. The predicted molar refractivity (Wildman–Crippen MR) is 138 cm³/mol. The number of carboxylic acids is 1. The van der Waals surface area contributed by atoms with E-state index in [0.29, 0.717) is 16.7 Å². The first-order chi connectivity index (χ1) is 18.3. The van der Waals surface area contributed by atoms with Crippen LogP contribution < -0.4 is 4.31 Å². The van der Waals surface area contributed by atoms with Gasteiger partial charge in [0, 0.05) is 13.1 Å². The van der Waals surface area contributed by atoms with Crippen molar-refractivity contribution in [1.82, 2.24) is 18.5 Å². The molecule has 3 aromatic rings. The highest BCUT2D eigenvalue weighted by Gasteiger charge is 2.42. The molecule has 1 fully saturated rings. The number of amides is 1. The van der Waals surface area contributed by atoms with Crippen LogP contribution in [0.3, 0.4) is 0 Å². The third kappa shape index (κ3) is 5.84. The number of rotatable bonds is 4. The topological polar surface area (TPSA) is 124 Å². The van der Waals surface area contributed by atoms with E-state index in [1.54, 1.807) is 30.3 Å². The van der Waals surface area contributed by atoms with Gasteiger partial charge in [-0.2, -0.15) is 21.9 Å². The number of fused-ring (bicyclic) bond motifs is 2. The molecule has 1 N–H and O–H groups in total. The fraction of sp³-hybridized carbons (Fsp3) is 0.417. The van der Waals surface area contributed by atoms with E-state index in [-0.39, 0.29) is 23.4 Å². The van der Waals surface area contributed by atoms with Gasteiger partial charge in [-0.25, -0.2) is 13.2 Å². The van der Waals surface area contributed by atoms with Crippen molar-refractivity contribution in [2.75, 3.05) is 38.0 Å². The van der Waals surface area contributed by atoms with Crippen molar-refractivity contribution >= 4 is 50.3 Å². The van der Waals surface area contributed by atoms with Crippen LogP contribution >= 0.6 is 11.7 Å². The first-order valence-electron chi connectivity index (χ1n) is 11.9. The molecule has 0 spiro atoms. The first-order valence-corrected chi connectivity index (χ1v) is 14.1. The number of aromatic nitrogens is 2. The maximum absolute atomic E-state index is 13.7. The lowest BCUT2D eigenvalue weighted by Crippen LogP contribution is -2.46. The van der Waals surface area contributed by atoms with E-state index in [0.717, 1.165) is 43.2 Å². The molecule has 0 aliphatic carbocycles. The number of para-hydroxylation sites is 1. The second-order valence-electron chi connectivity index (χ2n) is 9.32. The van der Waals surface area contributed by atoms with Gasteiger partial charge in [0.2, 0.25) is 5.91 Å². The van der Waals surface area contributed by atoms with Gasteiger partial charge in [0.15, 0.2) is 0 Å². The molecular formula is C24H26F3N5O5S2. The number of benzene rings is 2. The summed E-state index contributed by atoms with van der Waals surface area (Å²) in [4.78, 5) is 26.7. The van der Waals surface area contributed by atoms with Gasteiger partial charge in [-0.05, 0) is 56.7 Å². The van der Waals surface area contributed by atoms with Gasteiger partial charge < -0.3 is 14.9 Å². The maximum Gasteiger partial charge on any atom is 0.490 e. The summed E-state index contributed by atoms with van der Waals surface area (Å²) in [5.41, 5.74) is 2.23. The third-order valence-electron chi connectivity index (χ3n) is 6.87. The zero-order chi connectivity index (χ0) is 28.5. The number of nitrogens with zero attached hydrogens (tertiary/aromatic N) is 5. The number of carboxylic acid groups (broad SMARTS) is 1. The van der Waals surface area contributed by atoms with Crippen molar-refractivity contribution in [3.63, 3.8) is 0 Å². The first kappa shape index (κ1) is 28.7. The number of hydrogen-bond donors (Lipinski definition) is 1. The molecule has 210 valence electrons. The number of halogens is 3. The van der Waals surface area contributed by atoms with Crippen LogP contribution in [0.15, 0.2) is 47.4 Å². The van der Waals surface area contributed by atoms with E-state index in [2.05, 4.69) is 20.7 Å². The summed E-state index contributed by atoms with van der Waals surface area (Å²) in [6.07, 6.45) is -3.23. The monoisotopic (exact) mass is 585 g/mol. The molecule has 0 saturated carbocycles. The van der Waals surface area contributed by atoms with Crippen LogP contribution in [0.1, 0.15) is 24.3 Å². The Morgan fingerprint density at radius 2 is 1.72 bits per heavy atom. The highest BCUT2D eigenvalue weighted by molar-refractivity contribution is 7.93. The van der Waals surface area contributed by atoms with Crippen molar-refractivity contribution in [3.05, 3.63) is 48.0 Å². The van der Waals surface area contributed by atoms with Crippen molar-refractivity contribution in [2.24, 2.45) is 0 Å². The molecule has 2 aromatic carbocycles. The molecule has 1 aromatic heterocycles. The van der Waals surface area contributed by atoms with Crippen LogP contribution in [0.5, 0.6) is 0 Å². The van der Waals surface area contributed by atoms with E-state index in [4.69, 9.17) is 9.90 Å². The van der Waals surface area contributed by atoms with Crippen LogP contribution in [0, 0.1) is 0 Å². The SMILES string of the molecule is CN1CCC(N(C)C(=O)C2CN(S(=O)(=O)c3cccc4nsnc34)c3ccccc32)CC1.O=C(O)C(F)(F)F. The Hall–Kier alpha value is -3.30. The second kappa shape index (κ2) is 11.1. The highest BCUT2D eigenvalue weighted by Crippen LogP contribution is 2.41. The average Bonchev–Trinajstić information content (AvgIpc) is 3.53. The predicted octanol–water partition coefficient (Wildman–Crippen LogP) is 3.17. The Balaban J connectivity index is 0.000000448. The van der Waals surface area contributed by atoms with Crippen LogP contribution in [0.25, 0.3) is 11.0 Å². The summed E-state index contributed by atoms with van der Waals surface area (Å²) in [7, 11) is 0.0239. The van der Waals surface area contributed by atoms with Gasteiger partial charge in [0.1, 0.15) is 15.9 Å². The van der Waals surface area contributed by atoms with Gasteiger partial charge in [0.05, 0.1) is 29.9 Å². The normalized spacial score (nSPS) is 18.4. The van der Waals surface area contributed by atoms with Gasteiger partial charge in [0.25, 0.3) is 10.0 Å². The Labute approximate surface area is 227 Å². The van der Waals surface area contributed by atoms with Gasteiger partial charge in [-0.1, -0.05) is 24.3 Å². The molecule has 39 heavy (non-hydrogen) atoms. The maximum atomic E-state index is 13.7. The van der Waals surface area contributed by atoms with Crippen LogP contribution in [0.4, 0.5) is 18.9 Å². The zero-order valence-electron chi connectivity index (χ0n) is 21.0. The number of carbonyl (C=O) groups is 2. The lowest BCUT2D eigenvalue weighted by molar-refractivity contribution is -0.192. The van der Waals surface area contributed by atoms with E-state index in [1.807, 2.05) is 24.1 Å². The van der Waals surface area contributed by atoms with Crippen LogP contribution in [-0.4, -0.2) is 89.9 Å². The largest absolute Gasteiger partial charge is 0.490 e. The molecule has 2 aliphatic rings.